The number of aldehydes is 1. The van der Waals surface area contributed by atoms with Crippen LogP contribution in [-0.2, 0) is 4.79 Å². The van der Waals surface area contributed by atoms with Gasteiger partial charge in [-0.15, -0.1) is 0 Å². The van der Waals surface area contributed by atoms with Crippen LogP contribution >= 0.6 is 0 Å². The zero-order valence-electron chi connectivity index (χ0n) is 15.5. The Balaban J connectivity index is 4.04. The van der Waals surface area contributed by atoms with Crippen LogP contribution in [0.2, 0.25) is 0 Å². The van der Waals surface area contributed by atoms with Crippen molar-refractivity contribution in [3.05, 3.63) is 94.8 Å². The van der Waals surface area contributed by atoms with Crippen molar-refractivity contribution >= 4 is 6.29 Å². The van der Waals surface area contributed by atoms with Crippen molar-refractivity contribution in [3.8, 4) is 0 Å². The second-order valence-corrected chi connectivity index (χ2v) is 5.35. The van der Waals surface area contributed by atoms with Gasteiger partial charge in [-0.05, 0) is 31.8 Å². The van der Waals surface area contributed by atoms with E-state index < -0.39 is 4.92 Å². The van der Waals surface area contributed by atoms with E-state index in [0.717, 1.165) is 25.5 Å². The summed E-state index contributed by atoms with van der Waals surface area (Å²) in [5, 5.41) is 10.8. The maximum atomic E-state index is 10.8. The fourth-order valence-electron chi connectivity index (χ4n) is 1.84. The van der Waals surface area contributed by atoms with Crippen molar-refractivity contribution in [3.63, 3.8) is 0 Å². The van der Waals surface area contributed by atoms with Crippen molar-refractivity contribution in [2.75, 3.05) is 0 Å². The number of carbonyl (C=O) groups excluding carboxylic acids is 1. The molecule has 0 aliphatic rings. The van der Waals surface area contributed by atoms with Crippen LogP contribution in [-0.4, -0.2) is 11.2 Å². The number of nitrogens with zero attached hydrogens (tertiary/aromatic N) is 1. The zero-order chi connectivity index (χ0) is 19.3. The molecular weight excluding hydrogens is 326 g/mol. The van der Waals surface area contributed by atoms with E-state index in [1.54, 1.807) is 12.2 Å². The quantitative estimate of drug-likeness (QED) is 0.0952. The van der Waals surface area contributed by atoms with E-state index in [2.05, 4.69) is 37.3 Å². The van der Waals surface area contributed by atoms with Crippen LogP contribution in [0.5, 0.6) is 0 Å². The third-order valence-corrected chi connectivity index (χ3v) is 3.17. The van der Waals surface area contributed by atoms with E-state index in [-0.39, 0.29) is 12.1 Å². The lowest BCUT2D eigenvalue weighted by Gasteiger charge is -1.93. The zero-order valence-corrected chi connectivity index (χ0v) is 15.5. The standard InChI is InChI=1S/C22H29NO3/c1-2-3-4-5-6-7-8-9-10-11-12-13-14-15-16-19-22(23(25)26)20-17-18-21-24/h3-4,6-7,9-16,20-21H,2,5,8,17-19H2,1H3/b4-3-,7-6-,10-9-,12-11-,14-13-,16-15-,22-20+. The molecule has 0 aliphatic carbocycles. The number of carbonyl (C=O) groups is 1. The summed E-state index contributed by atoms with van der Waals surface area (Å²) in [7, 11) is 0. The van der Waals surface area contributed by atoms with Crippen LogP contribution in [0.15, 0.2) is 84.7 Å². The van der Waals surface area contributed by atoms with Gasteiger partial charge in [0.05, 0.1) is 11.3 Å². The Morgan fingerprint density at radius 3 is 2.00 bits per heavy atom. The first-order chi connectivity index (χ1) is 12.7. The van der Waals surface area contributed by atoms with Gasteiger partial charge in [-0.2, -0.15) is 0 Å². The molecule has 0 bridgehead atoms. The summed E-state index contributed by atoms with van der Waals surface area (Å²) in [6.07, 6.45) is 29.9. The van der Waals surface area contributed by atoms with Gasteiger partial charge in [0.2, 0.25) is 5.70 Å². The van der Waals surface area contributed by atoms with E-state index in [1.165, 1.54) is 6.08 Å². The fourth-order valence-corrected chi connectivity index (χ4v) is 1.84. The molecule has 0 amide bonds. The largest absolute Gasteiger partial charge is 0.303 e. The number of nitro groups is 1. The number of hydrogen-bond acceptors (Lipinski definition) is 3. The maximum absolute atomic E-state index is 10.8. The van der Waals surface area contributed by atoms with Crippen LogP contribution in [0.1, 0.15) is 45.4 Å². The SMILES string of the molecule is CC/C=C\C/C=C\C\C=C/C=C\C=C/C=C\C/C(=C\CCC=O)[N+](=O)[O-]. The Labute approximate surface area is 156 Å². The molecule has 0 unspecified atom stereocenters. The van der Waals surface area contributed by atoms with Crippen molar-refractivity contribution in [2.24, 2.45) is 0 Å². The molecule has 26 heavy (non-hydrogen) atoms. The molecular formula is C22H29NO3. The van der Waals surface area contributed by atoms with Crippen molar-refractivity contribution in [1.29, 1.82) is 0 Å². The van der Waals surface area contributed by atoms with Gasteiger partial charge in [0.15, 0.2) is 0 Å². The molecule has 4 nitrogen and oxygen atoms in total. The van der Waals surface area contributed by atoms with E-state index in [1.807, 2.05) is 30.4 Å². The first-order valence-corrected chi connectivity index (χ1v) is 8.94. The highest BCUT2D eigenvalue weighted by molar-refractivity contribution is 5.49. The second-order valence-electron chi connectivity index (χ2n) is 5.35. The average Bonchev–Trinajstić information content (AvgIpc) is 2.63. The molecule has 0 spiro atoms. The second kappa shape index (κ2) is 18.6. The van der Waals surface area contributed by atoms with Gasteiger partial charge in [-0.25, -0.2) is 0 Å². The van der Waals surface area contributed by atoms with E-state index in [4.69, 9.17) is 0 Å². The molecule has 0 N–H and O–H groups in total. The number of hydrogen-bond donors (Lipinski definition) is 0. The molecule has 0 aromatic carbocycles. The molecule has 4 heteroatoms. The van der Waals surface area contributed by atoms with Gasteiger partial charge in [-0.3, -0.25) is 10.1 Å². The van der Waals surface area contributed by atoms with Crippen LogP contribution < -0.4 is 0 Å². The molecule has 0 radical (unpaired) electrons. The van der Waals surface area contributed by atoms with Crippen molar-refractivity contribution in [1.82, 2.24) is 0 Å². The summed E-state index contributed by atoms with van der Waals surface area (Å²) in [6.45, 7) is 2.12. The highest BCUT2D eigenvalue weighted by Crippen LogP contribution is 2.06. The minimum absolute atomic E-state index is 0.119. The summed E-state index contributed by atoms with van der Waals surface area (Å²) in [6, 6.07) is 0. The van der Waals surface area contributed by atoms with Gasteiger partial charge in [0, 0.05) is 6.42 Å². The summed E-state index contributed by atoms with van der Waals surface area (Å²) in [4.78, 5) is 20.7. The van der Waals surface area contributed by atoms with Crippen LogP contribution in [0.4, 0.5) is 0 Å². The Bertz CT molecular complexity index is 591. The molecule has 0 aromatic rings. The van der Waals surface area contributed by atoms with Gasteiger partial charge >= 0.3 is 0 Å². The molecule has 140 valence electrons. The third-order valence-electron chi connectivity index (χ3n) is 3.17. The molecule has 0 saturated heterocycles. The normalized spacial score (nSPS) is 13.5. The number of unbranched alkanes of at least 4 members (excludes halogenated alkanes) is 1. The first-order valence-electron chi connectivity index (χ1n) is 8.94. The van der Waals surface area contributed by atoms with E-state index in [0.29, 0.717) is 12.8 Å². The van der Waals surface area contributed by atoms with Crippen molar-refractivity contribution < 1.29 is 9.72 Å². The fraction of sp³-hybridized carbons (Fsp3) is 0.318. The van der Waals surface area contributed by atoms with Gasteiger partial charge in [0.25, 0.3) is 0 Å². The molecule has 0 atom stereocenters. The van der Waals surface area contributed by atoms with Gasteiger partial charge < -0.3 is 4.79 Å². The first kappa shape index (κ1) is 23.2. The molecule has 0 rings (SSSR count). The third kappa shape index (κ3) is 16.1. The minimum atomic E-state index is -0.405. The minimum Gasteiger partial charge on any atom is -0.303 e. The maximum Gasteiger partial charge on any atom is 0.246 e. The van der Waals surface area contributed by atoms with Crippen LogP contribution in [0.25, 0.3) is 0 Å². The molecule has 0 aliphatic heterocycles. The predicted octanol–water partition coefficient (Wildman–Crippen LogP) is 6.04. The Morgan fingerprint density at radius 2 is 1.38 bits per heavy atom. The van der Waals surface area contributed by atoms with Crippen LogP contribution in [0.3, 0.4) is 0 Å². The topological polar surface area (TPSA) is 60.2 Å². The average molecular weight is 355 g/mol. The smallest absolute Gasteiger partial charge is 0.246 e. The lowest BCUT2D eigenvalue weighted by Crippen LogP contribution is -1.97. The molecule has 0 saturated carbocycles. The van der Waals surface area contributed by atoms with Crippen LogP contribution in [0, 0.1) is 10.1 Å². The van der Waals surface area contributed by atoms with E-state index in [9.17, 15) is 14.9 Å². The summed E-state index contributed by atoms with van der Waals surface area (Å²) < 4.78 is 0. The highest BCUT2D eigenvalue weighted by Gasteiger charge is 2.06. The van der Waals surface area contributed by atoms with Gasteiger partial charge in [-0.1, -0.05) is 79.8 Å². The number of rotatable bonds is 14. The Kier molecular flexibility index (Phi) is 16.6. The summed E-state index contributed by atoms with van der Waals surface area (Å²) in [5.74, 6) is 0. The lowest BCUT2D eigenvalue weighted by atomic mass is 10.2. The summed E-state index contributed by atoms with van der Waals surface area (Å²) >= 11 is 0. The molecule has 0 aromatic heterocycles. The highest BCUT2D eigenvalue weighted by atomic mass is 16.6. The molecule has 0 heterocycles. The molecule has 0 fully saturated rings. The Hall–Kier alpha value is -2.75. The predicted molar refractivity (Wildman–Crippen MR) is 109 cm³/mol. The monoisotopic (exact) mass is 355 g/mol. The lowest BCUT2D eigenvalue weighted by molar-refractivity contribution is -0.427. The Morgan fingerprint density at radius 1 is 0.808 bits per heavy atom. The number of allylic oxidation sites excluding steroid dienone is 13. The van der Waals surface area contributed by atoms with Crippen molar-refractivity contribution in [2.45, 2.75) is 45.4 Å². The van der Waals surface area contributed by atoms with Gasteiger partial charge in [0.1, 0.15) is 6.29 Å². The van der Waals surface area contributed by atoms with E-state index >= 15 is 0 Å². The summed E-state index contributed by atoms with van der Waals surface area (Å²) in [5.41, 5.74) is 0.119.